The van der Waals surface area contributed by atoms with Gasteiger partial charge in [-0.25, -0.2) is 14.5 Å². The molecule has 17 heavy (non-hydrogen) atoms. The van der Waals surface area contributed by atoms with Crippen LogP contribution in [0.25, 0.3) is 0 Å². The minimum atomic E-state index is -1.15. The van der Waals surface area contributed by atoms with E-state index in [0.29, 0.717) is 13.1 Å². The molecule has 0 saturated carbocycles. The number of hydrogen-bond acceptors (Lipinski definition) is 3. The Morgan fingerprint density at radius 2 is 2.00 bits per heavy atom. The molecule has 0 aromatic rings. The molecule has 7 heteroatoms. The molecule has 0 radical (unpaired) electrons. The number of hydrogen-bond donors (Lipinski definition) is 1. The zero-order valence-corrected chi connectivity index (χ0v) is 11.4. The highest BCUT2D eigenvalue weighted by atomic mass is 32.2. The van der Waals surface area contributed by atoms with Gasteiger partial charge < -0.3 is 5.11 Å². The minimum Gasteiger partial charge on any atom is -0.356 e. The monoisotopic (exact) mass is 262 g/mol. The van der Waals surface area contributed by atoms with E-state index >= 15 is 0 Å². The van der Waals surface area contributed by atoms with E-state index in [1.807, 2.05) is 6.26 Å². The number of urea groups is 2. The van der Waals surface area contributed by atoms with E-state index in [0.717, 1.165) is 17.1 Å². The number of amides is 4. The summed E-state index contributed by atoms with van der Waals surface area (Å²) in [5.41, 5.74) is 0. The Balaban J connectivity index is 2.73. The van der Waals surface area contributed by atoms with Gasteiger partial charge in [0.1, 0.15) is 5.75 Å². The molecule has 1 aliphatic rings. The van der Waals surface area contributed by atoms with E-state index in [1.54, 1.807) is 6.92 Å². The largest absolute Gasteiger partial charge is 0.356 e. The van der Waals surface area contributed by atoms with Gasteiger partial charge >= 0.3 is 12.1 Å². The summed E-state index contributed by atoms with van der Waals surface area (Å²) in [6, 6.07) is -0.856. The van der Waals surface area contributed by atoms with Gasteiger partial charge in [-0.15, -0.1) is 0 Å². The number of imide groups is 1. The van der Waals surface area contributed by atoms with Crippen LogP contribution in [-0.2, 0) is 11.8 Å². The van der Waals surface area contributed by atoms with Crippen molar-refractivity contribution in [3.8, 4) is 0 Å². The van der Waals surface area contributed by atoms with Crippen molar-refractivity contribution >= 4 is 23.8 Å². The van der Waals surface area contributed by atoms with E-state index in [-0.39, 0.29) is 0 Å². The van der Waals surface area contributed by atoms with Crippen LogP contribution in [0.2, 0.25) is 0 Å². The predicted molar refractivity (Wildman–Crippen MR) is 67.8 cm³/mol. The summed E-state index contributed by atoms with van der Waals surface area (Å²) in [6.07, 6.45) is 1.72. The summed E-state index contributed by atoms with van der Waals surface area (Å²) < 4.78 is 0. The minimum absolute atomic E-state index is 0.317. The first-order valence-corrected chi connectivity index (χ1v) is 7.15. The maximum Gasteiger partial charge on any atom is 0.331 e. The quantitative estimate of drug-likeness (QED) is 0.428. The molecular weight excluding hydrogens is 242 g/mol. The van der Waals surface area contributed by atoms with Crippen LogP contribution < -0.4 is 0 Å². The fraction of sp³-hybridized carbons (Fsp3) is 0.800. The summed E-state index contributed by atoms with van der Waals surface area (Å²) in [5.74, 6) is 0.973. The van der Waals surface area contributed by atoms with Crippen LogP contribution in [0.4, 0.5) is 9.59 Å². The van der Waals surface area contributed by atoms with Crippen LogP contribution >= 0.6 is 0 Å². The Morgan fingerprint density at radius 3 is 2.53 bits per heavy atom. The Bertz CT molecular complexity index is 301. The van der Waals surface area contributed by atoms with Crippen molar-refractivity contribution in [3.05, 3.63) is 0 Å². The van der Waals surface area contributed by atoms with Crippen molar-refractivity contribution in [2.24, 2.45) is 0 Å². The van der Waals surface area contributed by atoms with Gasteiger partial charge in [-0.2, -0.15) is 0 Å². The lowest BCUT2D eigenvalue weighted by molar-refractivity contribution is -0.0821. The van der Waals surface area contributed by atoms with E-state index < -0.39 is 18.4 Å². The summed E-state index contributed by atoms with van der Waals surface area (Å²) >= 11 is 1.26. The third kappa shape index (κ3) is 2.84. The predicted octanol–water partition coefficient (Wildman–Crippen LogP) is -0.0936. The number of nitrogens with zero attached hydrogens (tertiary/aromatic N) is 3. The van der Waals surface area contributed by atoms with Crippen LogP contribution in [0.15, 0.2) is 0 Å². The number of rotatable bonds is 5. The summed E-state index contributed by atoms with van der Waals surface area (Å²) in [4.78, 5) is 27.3. The Hall–Kier alpha value is -0.950. The second-order valence-corrected chi connectivity index (χ2v) is 4.93. The van der Waals surface area contributed by atoms with Crippen molar-refractivity contribution in [2.45, 2.75) is 19.7 Å². The van der Waals surface area contributed by atoms with Gasteiger partial charge in [-0.05, 0) is 18.7 Å². The Kier molecular flexibility index (Phi) is 5.07. The van der Waals surface area contributed by atoms with Crippen molar-refractivity contribution in [2.75, 3.05) is 32.1 Å². The topological polar surface area (TPSA) is 64.1 Å². The molecule has 1 fully saturated rings. The van der Waals surface area contributed by atoms with Crippen LogP contribution in [0.5, 0.6) is 0 Å². The lowest BCUT2D eigenvalue weighted by Gasteiger charge is -2.42. The molecule has 98 valence electrons. The SMILES string of the molecule is CCN1C(=O)N(C)C(O)N(CCC[SH+]C)C1=O. The van der Waals surface area contributed by atoms with Crippen LogP contribution in [0.3, 0.4) is 0 Å². The van der Waals surface area contributed by atoms with Gasteiger partial charge in [-0.1, -0.05) is 0 Å². The fourth-order valence-corrected chi connectivity index (χ4v) is 2.17. The number of aliphatic hydroxyl groups excluding tert-OH is 1. The van der Waals surface area contributed by atoms with Crippen LogP contribution in [0.1, 0.15) is 13.3 Å². The van der Waals surface area contributed by atoms with E-state index in [4.69, 9.17) is 0 Å². The molecule has 0 spiro atoms. The Labute approximate surface area is 106 Å². The standard InChI is InChI=1S/C10H19N3O3S/c1-4-12-8(14)11(2)9(15)13(10(12)16)6-5-7-17-3/h9,15H,4-7H2,1-3H3/p+1. The molecule has 0 aromatic heterocycles. The second kappa shape index (κ2) is 6.11. The lowest BCUT2D eigenvalue weighted by atomic mass is 10.4. The third-order valence-corrected chi connectivity index (χ3v) is 3.49. The fourth-order valence-electron chi connectivity index (χ4n) is 1.71. The summed E-state index contributed by atoms with van der Waals surface area (Å²) in [7, 11) is 1.49. The highest BCUT2D eigenvalue weighted by molar-refractivity contribution is 7.77. The number of aliphatic hydroxyl groups is 1. The van der Waals surface area contributed by atoms with Gasteiger partial charge in [0.05, 0.1) is 6.26 Å². The van der Waals surface area contributed by atoms with E-state index in [9.17, 15) is 14.7 Å². The Morgan fingerprint density at radius 1 is 1.35 bits per heavy atom. The molecule has 6 nitrogen and oxygen atoms in total. The van der Waals surface area contributed by atoms with Crippen molar-refractivity contribution in [1.29, 1.82) is 0 Å². The molecule has 1 unspecified atom stereocenters. The molecule has 1 N–H and O–H groups in total. The molecule has 4 amide bonds. The van der Waals surface area contributed by atoms with Gasteiger partial charge in [0.15, 0.2) is 0 Å². The van der Waals surface area contributed by atoms with Gasteiger partial charge in [-0.3, -0.25) is 9.80 Å². The van der Waals surface area contributed by atoms with Gasteiger partial charge in [0.2, 0.25) is 6.35 Å². The van der Waals surface area contributed by atoms with Crippen molar-refractivity contribution in [3.63, 3.8) is 0 Å². The third-order valence-electron chi connectivity index (χ3n) is 2.73. The molecule has 0 aliphatic carbocycles. The maximum absolute atomic E-state index is 12.0. The normalized spacial score (nSPS) is 21.4. The highest BCUT2D eigenvalue weighted by Gasteiger charge is 2.40. The molecule has 1 atom stereocenters. The summed E-state index contributed by atoms with van der Waals surface area (Å²) in [5, 5.41) is 9.87. The van der Waals surface area contributed by atoms with Crippen LogP contribution in [0, 0.1) is 0 Å². The first-order valence-electron chi connectivity index (χ1n) is 5.63. The average molecular weight is 262 g/mol. The van der Waals surface area contributed by atoms with E-state index in [1.165, 1.54) is 28.6 Å². The smallest absolute Gasteiger partial charge is 0.331 e. The first-order chi connectivity index (χ1) is 8.04. The molecule has 0 aromatic carbocycles. The van der Waals surface area contributed by atoms with Crippen LogP contribution in [-0.4, -0.2) is 70.4 Å². The van der Waals surface area contributed by atoms with Crippen molar-refractivity contribution in [1.82, 2.24) is 14.7 Å². The highest BCUT2D eigenvalue weighted by Crippen LogP contribution is 2.16. The van der Waals surface area contributed by atoms with E-state index in [2.05, 4.69) is 0 Å². The number of carbonyl (C=O) groups excluding carboxylic acids is 2. The molecule has 1 rings (SSSR count). The lowest BCUT2D eigenvalue weighted by Crippen LogP contribution is -2.65. The maximum atomic E-state index is 12.0. The molecule has 1 aliphatic heterocycles. The van der Waals surface area contributed by atoms with Gasteiger partial charge in [0, 0.05) is 26.6 Å². The van der Waals surface area contributed by atoms with Gasteiger partial charge in [0.25, 0.3) is 0 Å². The number of thiol groups is 1. The zero-order valence-electron chi connectivity index (χ0n) is 10.5. The van der Waals surface area contributed by atoms with Crippen molar-refractivity contribution < 1.29 is 14.7 Å². The second-order valence-electron chi connectivity index (χ2n) is 3.85. The molecule has 0 bridgehead atoms. The molecule has 1 saturated heterocycles. The molecule has 1 heterocycles. The first kappa shape index (κ1) is 14.1. The average Bonchev–Trinajstić information content (AvgIpc) is 2.32. The molecular formula is C10H20N3O3S+. The number of carbonyl (C=O) groups is 2. The zero-order chi connectivity index (χ0) is 13.0. The summed E-state index contributed by atoms with van der Waals surface area (Å²) in [6.45, 7) is 2.52.